The van der Waals surface area contributed by atoms with Gasteiger partial charge in [0.2, 0.25) is 0 Å². The first kappa shape index (κ1) is 14.6. The highest BCUT2D eigenvalue weighted by Crippen LogP contribution is 2.17. The number of benzene rings is 1. The lowest BCUT2D eigenvalue weighted by molar-refractivity contribution is -0.384. The fourth-order valence-corrected chi connectivity index (χ4v) is 1.69. The Balaban J connectivity index is 2.65. The lowest BCUT2D eigenvalue weighted by Gasteiger charge is -2.21. The van der Waals surface area contributed by atoms with Crippen LogP contribution in [0.15, 0.2) is 24.3 Å². The van der Waals surface area contributed by atoms with E-state index < -0.39 is 4.92 Å². The molecule has 1 aromatic rings. The van der Waals surface area contributed by atoms with Crippen LogP contribution >= 0.6 is 0 Å². The second-order valence-electron chi connectivity index (χ2n) is 4.07. The van der Waals surface area contributed by atoms with Crippen LogP contribution in [-0.4, -0.2) is 36.4 Å². The average molecular weight is 254 g/mol. The molecule has 6 heteroatoms. The van der Waals surface area contributed by atoms with Crippen LogP contribution in [0.2, 0.25) is 0 Å². The SMILES string of the molecule is COCC(CO)NC(C)c1ccc([N+](=O)[O-])cc1. The van der Waals surface area contributed by atoms with Gasteiger partial charge in [0.05, 0.1) is 24.2 Å². The van der Waals surface area contributed by atoms with E-state index in [-0.39, 0.29) is 24.4 Å². The lowest BCUT2D eigenvalue weighted by Crippen LogP contribution is -2.38. The van der Waals surface area contributed by atoms with Gasteiger partial charge in [-0.15, -0.1) is 0 Å². The molecule has 1 aromatic carbocycles. The van der Waals surface area contributed by atoms with Gasteiger partial charge in [0.25, 0.3) is 5.69 Å². The summed E-state index contributed by atoms with van der Waals surface area (Å²) in [7, 11) is 1.57. The largest absolute Gasteiger partial charge is 0.395 e. The molecule has 0 aliphatic carbocycles. The highest BCUT2D eigenvalue weighted by atomic mass is 16.6. The second kappa shape index (κ2) is 7.05. The first-order chi connectivity index (χ1) is 8.58. The van der Waals surface area contributed by atoms with Gasteiger partial charge in [0, 0.05) is 25.3 Å². The van der Waals surface area contributed by atoms with Crippen LogP contribution in [0.5, 0.6) is 0 Å². The molecule has 0 heterocycles. The molecule has 2 unspecified atom stereocenters. The van der Waals surface area contributed by atoms with E-state index in [9.17, 15) is 10.1 Å². The highest BCUT2D eigenvalue weighted by Gasteiger charge is 2.13. The molecule has 0 saturated carbocycles. The second-order valence-corrected chi connectivity index (χ2v) is 4.07. The Morgan fingerprint density at radius 1 is 1.44 bits per heavy atom. The van der Waals surface area contributed by atoms with Crippen molar-refractivity contribution in [2.75, 3.05) is 20.3 Å². The van der Waals surface area contributed by atoms with Gasteiger partial charge in [0.1, 0.15) is 0 Å². The average Bonchev–Trinajstić information content (AvgIpc) is 2.38. The molecule has 18 heavy (non-hydrogen) atoms. The quantitative estimate of drug-likeness (QED) is 0.565. The number of nitrogens with one attached hydrogen (secondary N) is 1. The minimum Gasteiger partial charge on any atom is -0.395 e. The molecule has 0 saturated heterocycles. The van der Waals surface area contributed by atoms with E-state index in [1.807, 2.05) is 6.92 Å². The first-order valence-electron chi connectivity index (χ1n) is 5.68. The number of rotatable bonds is 7. The number of nitrogens with zero attached hydrogens (tertiary/aromatic N) is 1. The van der Waals surface area contributed by atoms with Gasteiger partial charge in [-0.1, -0.05) is 12.1 Å². The van der Waals surface area contributed by atoms with Gasteiger partial charge < -0.3 is 15.2 Å². The third-order valence-corrected chi connectivity index (χ3v) is 2.68. The molecular weight excluding hydrogens is 236 g/mol. The van der Waals surface area contributed by atoms with Crippen molar-refractivity contribution in [3.05, 3.63) is 39.9 Å². The van der Waals surface area contributed by atoms with Crippen molar-refractivity contribution in [3.8, 4) is 0 Å². The molecule has 2 N–H and O–H groups in total. The van der Waals surface area contributed by atoms with E-state index >= 15 is 0 Å². The van der Waals surface area contributed by atoms with Crippen molar-refractivity contribution in [2.24, 2.45) is 0 Å². The Labute approximate surface area is 106 Å². The summed E-state index contributed by atoms with van der Waals surface area (Å²) >= 11 is 0. The van der Waals surface area contributed by atoms with E-state index in [0.29, 0.717) is 6.61 Å². The molecule has 1 rings (SSSR count). The van der Waals surface area contributed by atoms with Crippen molar-refractivity contribution in [3.63, 3.8) is 0 Å². The molecule has 0 spiro atoms. The number of non-ortho nitro benzene ring substituents is 1. The van der Waals surface area contributed by atoms with E-state index in [4.69, 9.17) is 9.84 Å². The summed E-state index contributed by atoms with van der Waals surface area (Å²) in [4.78, 5) is 10.1. The summed E-state index contributed by atoms with van der Waals surface area (Å²) in [6.45, 7) is 2.32. The molecule has 6 nitrogen and oxygen atoms in total. The molecule has 0 aliphatic heterocycles. The number of nitro groups is 1. The summed E-state index contributed by atoms with van der Waals surface area (Å²) in [5, 5.41) is 22.9. The van der Waals surface area contributed by atoms with Gasteiger partial charge in [0.15, 0.2) is 0 Å². The van der Waals surface area contributed by atoms with Crippen molar-refractivity contribution in [2.45, 2.75) is 19.0 Å². The molecule has 0 amide bonds. The van der Waals surface area contributed by atoms with Crippen molar-refractivity contribution in [1.82, 2.24) is 5.32 Å². The minimum atomic E-state index is -0.427. The third kappa shape index (κ3) is 4.06. The maximum atomic E-state index is 10.5. The van der Waals surface area contributed by atoms with Gasteiger partial charge >= 0.3 is 0 Å². The van der Waals surface area contributed by atoms with E-state index in [2.05, 4.69) is 5.32 Å². The summed E-state index contributed by atoms with van der Waals surface area (Å²) in [6.07, 6.45) is 0. The molecule has 0 radical (unpaired) electrons. The molecule has 0 bridgehead atoms. The van der Waals surface area contributed by atoms with Crippen molar-refractivity contribution < 1.29 is 14.8 Å². The van der Waals surface area contributed by atoms with E-state index in [0.717, 1.165) is 5.56 Å². The monoisotopic (exact) mass is 254 g/mol. The Morgan fingerprint density at radius 2 is 2.06 bits per heavy atom. The van der Waals surface area contributed by atoms with Gasteiger partial charge in [-0.25, -0.2) is 0 Å². The van der Waals surface area contributed by atoms with Crippen LogP contribution in [-0.2, 0) is 4.74 Å². The van der Waals surface area contributed by atoms with Crippen LogP contribution in [0, 0.1) is 10.1 Å². The summed E-state index contributed by atoms with van der Waals surface area (Å²) in [5.74, 6) is 0. The fourth-order valence-electron chi connectivity index (χ4n) is 1.69. The lowest BCUT2D eigenvalue weighted by atomic mass is 10.1. The molecule has 0 aromatic heterocycles. The van der Waals surface area contributed by atoms with Gasteiger partial charge in [-0.05, 0) is 12.5 Å². The molecule has 0 fully saturated rings. The molecular formula is C12H18N2O4. The zero-order chi connectivity index (χ0) is 13.5. The predicted octanol–water partition coefficient (Wildman–Crippen LogP) is 1.25. The zero-order valence-corrected chi connectivity index (χ0v) is 10.5. The molecule has 2 atom stereocenters. The standard InChI is InChI=1S/C12H18N2O4/c1-9(13-11(7-15)8-18-2)10-3-5-12(6-4-10)14(16)17/h3-6,9,11,13,15H,7-8H2,1-2H3. The van der Waals surface area contributed by atoms with E-state index in [1.165, 1.54) is 12.1 Å². The smallest absolute Gasteiger partial charge is 0.269 e. The Kier molecular flexibility index (Phi) is 5.70. The number of aliphatic hydroxyl groups excluding tert-OH is 1. The highest BCUT2D eigenvalue weighted by molar-refractivity contribution is 5.34. The molecule has 100 valence electrons. The third-order valence-electron chi connectivity index (χ3n) is 2.68. The number of hydrogen-bond acceptors (Lipinski definition) is 5. The van der Waals surface area contributed by atoms with Gasteiger partial charge in [-0.2, -0.15) is 0 Å². The first-order valence-corrected chi connectivity index (χ1v) is 5.68. The topological polar surface area (TPSA) is 84.6 Å². The Morgan fingerprint density at radius 3 is 2.50 bits per heavy atom. The van der Waals surface area contributed by atoms with Gasteiger partial charge in [-0.3, -0.25) is 10.1 Å². The Bertz CT molecular complexity index is 380. The van der Waals surface area contributed by atoms with Crippen molar-refractivity contribution >= 4 is 5.69 Å². The van der Waals surface area contributed by atoms with Crippen molar-refractivity contribution in [1.29, 1.82) is 0 Å². The summed E-state index contributed by atoms with van der Waals surface area (Å²) < 4.78 is 4.97. The zero-order valence-electron chi connectivity index (χ0n) is 10.5. The minimum absolute atomic E-state index is 0.0156. The van der Waals surface area contributed by atoms with Crippen LogP contribution in [0.3, 0.4) is 0 Å². The normalized spacial score (nSPS) is 14.2. The molecule has 0 aliphatic rings. The predicted molar refractivity (Wildman–Crippen MR) is 67.4 cm³/mol. The summed E-state index contributed by atoms with van der Waals surface area (Å²) in [5.41, 5.74) is 0.997. The number of hydrogen-bond donors (Lipinski definition) is 2. The number of methoxy groups -OCH3 is 1. The van der Waals surface area contributed by atoms with E-state index in [1.54, 1.807) is 19.2 Å². The number of aliphatic hydroxyl groups is 1. The van der Waals surface area contributed by atoms with Crippen LogP contribution in [0.4, 0.5) is 5.69 Å². The fraction of sp³-hybridized carbons (Fsp3) is 0.500. The van der Waals surface area contributed by atoms with Crippen LogP contribution in [0.1, 0.15) is 18.5 Å². The number of nitro benzene ring substituents is 1. The summed E-state index contributed by atoms with van der Waals surface area (Å²) in [6, 6.07) is 6.18. The maximum Gasteiger partial charge on any atom is 0.269 e. The Hall–Kier alpha value is -1.50. The number of ether oxygens (including phenoxy) is 1. The van der Waals surface area contributed by atoms with Crippen LogP contribution in [0.25, 0.3) is 0 Å². The van der Waals surface area contributed by atoms with Crippen LogP contribution < -0.4 is 5.32 Å². The maximum absolute atomic E-state index is 10.5.